The van der Waals surface area contributed by atoms with Gasteiger partial charge in [-0.05, 0) is 106 Å². The zero-order valence-corrected chi connectivity index (χ0v) is 24.2. The molecule has 6 heteroatoms. The van der Waals surface area contributed by atoms with E-state index in [0.29, 0.717) is 31.1 Å². The van der Waals surface area contributed by atoms with Gasteiger partial charge in [-0.25, -0.2) is 0 Å². The van der Waals surface area contributed by atoms with Crippen LogP contribution in [0.4, 0.5) is 0 Å². The number of fused-ring (bicyclic) bond motifs is 5. The van der Waals surface area contributed by atoms with E-state index in [0.717, 1.165) is 31.3 Å². The van der Waals surface area contributed by atoms with E-state index in [9.17, 15) is 20.1 Å². The van der Waals surface area contributed by atoms with Gasteiger partial charge < -0.3 is 24.8 Å². The van der Waals surface area contributed by atoms with Crippen molar-refractivity contribution in [1.29, 1.82) is 0 Å². The SMILES string of the molecule is CC(C)[C@@H](C)C[C@H]1OC(C)(C)O[C@]1(C)[C@H]1CC[C@@]2(O)C3=CC(=O)[C@@H]4C[C@@H](O)[C@@H](O)C[C@]4(C)[C@H]3CC[C@]12C. The summed E-state index contributed by atoms with van der Waals surface area (Å²) in [4.78, 5) is 13.5. The van der Waals surface area contributed by atoms with Crippen LogP contribution in [0.3, 0.4) is 0 Å². The number of aliphatic hydroxyl groups is 3. The smallest absolute Gasteiger partial charge is 0.164 e. The Labute approximate surface area is 223 Å². The summed E-state index contributed by atoms with van der Waals surface area (Å²) in [6.45, 7) is 17.3. The maximum atomic E-state index is 13.5. The summed E-state index contributed by atoms with van der Waals surface area (Å²) in [7, 11) is 0. The number of hydrogen-bond donors (Lipinski definition) is 3. The molecule has 0 aromatic heterocycles. The maximum Gasteiger partial charge on any atom is 0.164 e. The molecule has 3 N–H and O–H groups in total. The summed E-state index contributed by atoms with van der Waals surface area (Å²) in [6.07, 6.45) is 4.67. The minimum atomic E-state index is -1.10. The standard InChI is InChI=1S/C31H50O6/c1-17(2)18(3)13-26-30(8,37-27(4,5)36-26)25-10-12-31(35)20-14-22(32)21-15-23(33)24(34)16-28(21,6)19(20)9-11-29(25,31)7/h14,17-19,21,23-26,33-35H,9-13,15-16H2,1-8H3/t18-,19-,21-,23+,24-,25-,26+,28+,29+,30+,31+/m0/s1. The first-order valence-corrected chi connectivity index (χ1v) is 14.7. The fourth-order valence-corrected chi connectivity index (χ4v) is 9.56. The predicted molar refractivity (Wildman–Crippen MR) is 142 cm³/mol. The molecule has 0 spiro atoms. The topological polar surface area (TPSA) is 96.2 Å². The zero-order valence-electron chi connectivity index (χ0n) is 24.2. The van der Waals surface area contributed by atoms with Crippen LogP contribution in [0.2, 0.25) is 0 Å². The van der Waals surface area contributed by atoms with Gasteiger partial charge in [-0.2, -0.15) is 0 Å². The van der Waals surface area contributed by atoms with Crippen molar-refractivity contribution in [2.75, 3.05) is 0 Å². The number of ketones is 1. The van der Waals surface area contributed by atoms with E-state index in [-0.39, 0.29) is 29.6 Å². The number of allylic oxidation sites excluding steroid dienone is 1. The molecule has 6 nitrogen and oxygen atoms in total. The number of hydrogen-bond acceptors (Lipinski definition) is 6. The Morgan fingerprint density at radius 1 is 1.00 bits per heavy atom. The second-order valence-electron chi connectivity index (χ2n) is 14.8. The van der Waals surface area contributed by atoms with E-state index in [1.54, 1.807) is 6.08 Å². The molecule has 37 heavy (non-hydrogen) atoms. The van der Waals surface area contributed by atoms with Crippen LogP contribution >= 0.6 is 0 Å². The van der Waals surface area contributed by atoms with Crippen LogP contribution in [0.15, 0.2) is 11.6 Å². The van der Waals surface area contributed by atoms with Crippen LogP contribution in [0, 0.1) is 40.4 Å². The molecule has 1 aliphatic heterocycles. The summed E-state index contributed by atoms with van der Waals surface area (Å²) in [5.74, 6) is 0.125. The molecule has 5 aliphatic rings. The second kappa shape index (κ2) is 8.60. The second-order valence-corrected chi connectivity index (χ2v) is 14.8. The zero-order chi connectivity index (χ0) is 27.3. The summed E-state index contributed by atoms with van der Waals surface area (Å²) in [6, 6.07) is 0. The van der Waals surface area contributed by atoms with Crippen LogP contribution in [0.25, 0.3) is 0 Å². The first-order valence-electron chi connectivity index (χ1n) is 14.7. The fraction of sp³-hybridized carbons (Fsp3) is 0.903. The highest BCUT2D eigenvalue weighted by molar-refractivity contribution is 5.95. The molecule has 3 saturated carbocycles. The van der Waals surface area contributed by atoms with E-state index >= 15 is 0 Å². The van der Waals surface area contributed by atoms with Crippen LogP contribution in [0.1, 0.15) is 100 Å². The molecule has 5 rings (SSSR count). The van der Waals surface area contributed by atoms with Crippen molar-refractivity contribution in [3.8, 4) is 0 Å². The molecule has 11 atom stereocenters. The van der Waals surface area contributed by atoms with E-state index in [1.165, 1.54) is 0 Å². The highest BCUT2D eigenvalue weighted by Gasteiger charge is 2.71. The van der Waals surface area contributed by atoms with E-state index in [2.05, 4.69) is 41.5 Å². The Bertz CT molecular complexity index is 973. The Morgan fingerprint density at radius 3 is 2.32 bits per heavy atom. The number of carbonyl (C=O) groups is 1. The lowest BCUT2D eigenvalue weighted by Crippen LogP contribution is -2.62. The largest absolute Gasteiger partial charge is 0.390 e. The molecule has 0 bridgehead atoms. The average molecular weight is 519 g/mol. The van der Waals surface area contributed by atoms with Gasteiger partial charge in [0.05, 0.1) is 29.5 Å². The van der Waals surface area contributed by atoms with Crippen molar-refractivity contribution < 1.29 is 29.6 Å². The third kappa shape index (κ3) is 3.87. The normalized spacial score (nSPS) is 51.9. The molecule has 210 valence electrons. The van der Waals surface area contributed by atoms with Crippen molar-refractivity contribution in [3.63, 3.8) is 0 Å². The summed E-state index contributed by atoms with van der Waals surface area (Å²) >= 11 is 0. The first-order chi connectivity index (χ1) is 17.0. The Morgan fingerprint density at radius 2 is 1.68 bits per heavy atom. The summed E-state index contributed by atoms with van der Waals surface area (Å²) in [5.41, 5.74) is -1.69. The molecular formula is C31H50O6. The van der Waals surface area contributed by atoms with Gasteiger partial charge in [-0.15, -0.1) is 0 Å². The van der Waals surface area contributed by atoms with Gasteiger partial charge in [-0.3, -0.25) is 4.79 Å². The minimum absolute atomic E-state index is 0.00254. The Kier molecular flexibility index (Phi) is 6.46. The molecule has 0 radical (unpaired) electrons. The number of ether oxygens (including phenoxy) is 2. The van der Waals surface area contributed by atoms with Crippen LogP contribution in [0.5, 0.6) is 0 Å². The van der Waals surface area contributed by atoms with Crippen molar-refractivity contribution in [1.82, 2.24) is 0 Å². The van der Waals surface area contributed by atoms with Gasteiger partial charge in [0.15, 0.2) is 11.6 Å². The third-order valence-electron chi connectivity index (χ3n) is 12.1. The molecular weight excluding hydrogens is 468 g/mol. The third-order valence-corrected chi connectivity index (χ3v) is 12.1. The van der Waals surface area contributed by atoms with Crippen molar-refractivity contribution in [2.45, 2.75) is 136 Å². The summed E-state index contributed by atoms with van der Waals surface area (Å²) < 4.78 is 13.3. The number of rotatable bonds is 4. The average Bonchev–Trinajstić information content (AvgIpc) is 3.19. The lowest BCUT2D eigenvalue weighted by Gasteiger charge is -2.60. The van der Waals surface area contributed by atoms with Gasteiger partial charge in [-0.1, -0.05) is 34.6 Å². The molecule has 0 aromatic carbocycles. The van der Waals surface area contributed by atoms with Crippen LogP contribution in [-0.4, -0.2) is 56.4 Å². The molecule has 4 fully saturated rings. The lowest BCUT2D eigenvalue weighted by atomic mass is 9.45. The summed E-state index contributed by atoms with van der Waals surface area (Å²) in [5, 5.41) is 33.5. The molecule has 4 aliphatic carbocycles. The molecule has 0 aromatic rings. The number of aliphatic hydroxyl groups excluding tert-OH is 2. The highest BCUT2D eigenvalue weighted by Crippen LogP contribution is 2.70. The highest BCUT2D eigenvalue weighted by atomic mass is 16.8. The van der Waals surface area contributed by atoms with Crippen LogP contribution in [-0.2, 0) is 14.3 Å². The maximum absolute atomic E-state index is 13.5. The van der Waals surface area contributed by atoms with Gasteiger partial charge in [0.25, 0.3) is 0 Å². The van der Waals surface area contributed by atoms with Crippen molar-refractivity contribution >= 4 is 5.78 Å². The molecule has 1 saturated heterocycles. The molecule has 1 heterocycles. The van der Waals surface area contributed by atoms with Gasteiger partial charge in [0.1, 0.15) is 0 Å². The van der Waals surface area contributed by atoms with E-state index in [1.807, 2.05) is 13.8 Å². The van der Waals surface area contributed by atoms with Gasteiger partial charge in [0, 0.05) is 11.3 Å². The number of carbonyl (C=O) groups excluding carboxylic acids is 1. The van der Waals surface area contributed by atoms with E-state index in [4.69, 9.17) is 9.47 Å². The predicted octanol–water partition coefficient (Wildman–Crippen LogP) is 4.78. The fourth-order valence-electron chi connectivity index (χ4n) is 9.56. The van der Waals surface area contributed by atoms with Crippen molar-refractivity contribution in [3.05, 3.63) is 11.6 Å². The Balaban J connectivity index is 1.52. The molecule has 0 amide bonds. The minimum Gasteiger partial charge on any atom is -0.390 e. The van der Waals surface area contributed by atoms with E-state index < -0.39 is 40.0 Å². The molecule has 0 unspecified atom stereocenters. The van der Waals surface area contributed by atoms with Gasteiger partial charge in [0.2, 0.25) is 0 Å². The Hall–Kier alpha value is -0.790. The lowest BCUT2D eigenvalue weighted by molar-refractivity contribution is -0.191. The quantitative estimate of drug-likeness (QED) is 0.496. The first kappa shape index (κ1) is 27.8. The monoisotopic (exact) mass is 518 g/mol. The van der Waals surface area contributed by atoms with Gasteiger partial charge >= 0.3 is 0 Å². The van der Waals surface area contributed by atoms with Crippen LogP contribution < -0.4 is 0 Å². The van der Waals surface area contributed by atoms with Crippen molar-refractivity contribution in [2.24, 2.45) is 40.4 Å².